The number of aromatic nitrogens is 2. The van der Waals surface area contributed by atoms with Crippen molar-refractivity contribution in [3.8, 4) is 0 Å². The molecule has 0 bridgehead atoms. The lowest BCUT2D eigenvalue weighted by atomic mass is 10.2. The topological polar surface area (TPSA) is 17.8 Å². The van der Waals surface area contributed by atoms with Crippen molar-refractivity contribution in [2.75, 3.05) is 0 Å². The summed E-state index contributed by atoms with van der Waals surface area (Å²) in [5.41, 5.74) is 2.52. The Bertz CT molecular complexity index is 431. The molecule has 1 heterocycles. The van der Waals surface area contributed by atoms with E-state index in [1.807, 2.05) is 11.7 Å². The Morgan fingerprint density at radius 2 is 2.17 bits per heavy atom. The molecule has 2 rings (SSSR count). The summed E-state index contributed by atoms with van der Waals surface area (Å²) in [6, 6.07) is 6.29. The van der Waals surface area contributed by atoms with Crippen molar-refractivity contribution in [2.24, 2.45) is 7.05 Å². The van der Waals surface area contributed by atoms with E-state index in [0.717, 1.165) is 3.70 Å². The molecule has 2 nitrogen and oxygen atoms in total. The fourth-order valence-electron chi connectivity index (χ4n) is 1.49. The third kappa shape index (κ3) is 1.03. The van der Waals surface area contributed by atoms with E-state index >= 15 is 0 Å². The number of para-hydroxylation sites is 1. The van der Waals surface area contributed by atoms with Crippen LogP contribution in [-0.4, -0.2) is 9.78 Å². The van der Waals surface area contributed by atoms with Gasteiger partial charge in [-0.05, 0) is 35.1 Å². The number of nitrogens with zero attached hydrogens (tertiary/aromatic N) is 2. The Morgan fingerprint density at radius 3 is 2.83 bits per heavy atom. The summed E-state index contributed by atoms with van der Waals surface area (Å²) in [4.78, 5) is 0. The number of fused-ring (bicyclic) bond motifs is 1. The van der Waals surface area contributed by atoms with Crippen LogP contribution in [0.15, 0.2) is 18.2 Å². The second-order valence-electron chi connectivity index (χ2n) is 2.89. The van der Waals surface area contributed by atoms with Gasteiger partial charge in [-0.3, -0.25) is 4.68 Å². The number of hydrogen-bond donors (Lipinski definition) is 0. The van der Waals surface area contributed by atoms with Gasteiger partial charge in [0.25, 0.3) is 0 Å². The van der Waals surface area contributed by atoms with Gasteiger partial charge in [0.05, 0.1) is 5.52 Å². The highest BCUT2D eigenvalue weighted by molar-refractivity contribution is 14.1. The summed E-state index contributed by atoms with van der Waals surface area (Å²) < 4.78 is 3.01. The molecule has 0 saturated carbocycles. The highest BCUT2D eigenvalue weighted by atomic mass is 127. The number of halogens is 1. The molecule has 0 radical (unpaired) electrons. The van der Waals surface area contributed by atoms with Gasteiger partial charge in [-0.25, -0.2) is 0 Å². The highest BCUT2D eigenvalue weighted by Crippen LogP contribution is 2.21. The Labute approximate surface area is 84.7 Å². The van der Waals surface area contributed by atoms with E-state index in [1.165, 1.54) is 16.5 Å². The van der Waals surface area contributed by atoms with Crippen LogP contribution in [0.2, 0.25) is 0 Å². The maximum atomic E-state index is 4.35. The summed E-state index contributed by atoms with van der Waals surface area (Å²) in [6.45, 7) is 2.11. The molecule has 3 heteroatoms. The first-order chi connectivity index (χ1) is 5.70. The normalized spacial score (nSPS) is 10.9. The van der Waals surface area contributed by atoms with Crippen LogP contribution < -0.4 is 0 Å². The third-order valence-corrected chi connectivity index (χ3v) is 2.82. The summed E-state index contributed by atoms with van der Waals surface area (Å²) in [5.74, 6) is 0. The largest absolute Gasteiger partial charge is 0.267 e. The van der Waals surface area contributed by atoms with Crippen molar-refractivity contribution < 1.29 is 0 Å². The zero-order valence-electron chi connectivity index (χ0n) is 7.00. The van der Waals surface area contributed by atoms with Gasteiger partial charge in [0.2, 0.25) is 0 Å². The van der Waals surface area contributed by atoms with Crippen LogP contribution in [0.3, 0.4) is 0 Å². The van der Waals surface area contributed by atoms with E-state index < -0.39 is 0 Å². The van der Waals surface area contributed by atoms with Gasteiger partial charge in [-0.2, -0.15) is 5.10 Å². The molecule has 2 aromatic rings. The van der Waals surface area contributed by atoms with Crippen molar-refractivity contribution in [1.29, 1.82) is 0 Å². The van der Waals surface area contributed by atoms with Gasteiger partial charge in [0.15, 0.2) is 0 Å². The van der Waals surface area contributed by atoms with E-state index in [-0.39, 0.29) is 0 Å². The lowest BCUT2D eigenvalue weighted by molar-refractivity contribution is 0.785. The van der Waals surface area contributed by atoms with Gasteiger partial charge in [0, 0.05) is 12.4 Å². The molecule has 0 aliphatic rings. The molecule has 1 aromatic carbocycles. The van der Waals surface area contributed by atoms with Gasteiger partial charge in [0.1, 0.15) is 3.70 Å². The van der Waals surface area contributed by atoms with Crippen molar-refractivity contribution in [3.63, 3.8) is 0 Å². The van der Waals surface area contributed by atoms with E-state index in [2.05, 4.69) is 52.8 Å². The molecule has 1 aromatic heterocycles. The monoisotopic (exact) mass is 272 g/mol. The van der Waals surface area contributed by atoms with Gasteiger partial charge < -0.3 is 0 Å². The fraction of sp³-hybridized carbons (Fsp3) is 0.222. The minimum absolute atomic E-state index is 1.08. The SMILES string of the molecule is Cc1cccc2c(I)nn(C)c12. The minimum Gasteiger partial charge on any atom is -0.267 e. The molecule has 0 N–H and O–H groups in total. The lowest BCUT2D eigenvalue weighted by Crippen LogP contribution is -1.91. The van der Waals surface area contributed by atoms with Crippen molar-refractivity contribution >= 4 is 33.5 Å². The first kappa shape index (κ1) is 8.04. The average molecular weight is 272 g/mol. The molecule has 0 aliphatic heterocycles. The summed E-state index contributed by atoms with van der Waals surface area (Å²) in [5, 5.41) is 5.60. The van der Waals surface area contributed by atoms with Crippen molar-refractivity contribution in [1.82, 2.24) is 9.78 Å². The van der Waals surface area contributed by atoms with Crippen LogP contribution in [0.25, 0.3) is 10.9 Å². The van der Waals surface area contributed by atoms with Gasteiger partial charge in [-0.1, -0.05) is 18.2 Å². The molecule has 0 aliphatic carbocycles. The predicted octanol–water partition coefficient (Wildman–Crippen LogP) is 2.49. The number of hydrogen-bond acceptors (Lipinski definition) is 1. The molecule has 0 unspecified atom stereocenters. The second-order valence-corrected chi connectivity index (χ2v) is 3.91. The molecule has 12 heavy (non-hydrogen) atoms. The maximum Gasteiger partial charge on any atom is 0.131 e. The molecule has 0 spiro atoms. The lowest BCUT2D eigenvalue weighted by Gasteiger charge is -1.96. The summed E-state index contributed by atoms with van der Waals surface area (Å²) in [6.07, 6.45) is 0. The van der Waals surface area contributed by atoms with E-state index in [4.69, 9.17) is 0 Å². The first-order valence-electron chi connectivity index (χ1n) is 3.78. The molecular weight excluding hydrogens is 263 g/mol. The summed E-state index contributed by atoms with van der Waals surface area (Å²) >= 11 is 2.26. The van der Waals surface area contributed by atoms with Crippen LogP contribution >= 0.6 is 22.6 Å². The fourth-order valence-corrected chi connectivity index (χ4v) is 2.25. The average Bonchev–Trinajstić information content (AvgIpc) is 2.29. The molecule has 0 saturated heterocycles. The number of benzene rings is 1. The maximum absolute atomic E-state index is 4.35. The van der Waals surface area contributed by atoms with E-state index in [1.54, 1.807) is 0 Å². The van der Waals surface area contributed by atoms with Gasteiger partial charge >= 0.3 is 0 Å². The Kier molecular flexibility index (Phi) is 1.83. The quantitative estimate of drug-likeness (QED) is 0.674. The van der Waals surface area contributed by atoms with E-state index in [0.29, 0.717) is 0 Å². The van der Waals surface area contributed by atoms with Crippen LogP contribution in [0.1, 0.15) is 5.56 Å². The number of aryl methyl sites for hydroxylation is 2. The van der Waals surface area contributed by atoms with E-state index in [9.17, 15) is 0 Å². The first-order valence-corrected chi connectivity index (χ1v) is 4.86. The standard InChI is InChI=1S/C9H9IN2/c1-6-4-3-5-7-8(6)12(2)11-9(7)10/h3-5H,1-2H3. The molecular formula is C9H9IN2. The minimum atomic E-state index is 1.08. The molecule has 0 atom stereocenters. The van der Waals surface area contributed by atoms with Crippen molar-refractivity contribution in [3.05, 3.63) is 27.5 Å². The summed E-state index contributed by atoms with van der Waals surface area (Å²) in [7, 11) is 1.98. The van der Waals surface area contributed by atoms with Crippen LogP contribution in [0, 0.1) is 10.6 Å². The Balaban J connectivity index is 2.99. The molecule has 62 valence electrons. The molecule has 0 amide bonds. The number of rotatable bonds is 0. The second kappa shape index (κ2) is 2.73. The van der Waals surface area contributed by atoms with Gasteiger partial charge in [-0.15, -0.1) is 0 Å². The zero-order valence-corrected chi connectivity index (χ0v) is 9.16. The Morgan fingerprint density at radius 1 is 1.42 bits per heavy atom. The van der Waals surface area contributed by atoms with Crippen LogP contribution in [-0.2, 0) is 7.05 Å². The zero-order chi connectivity index (χ0) is 8.72. The van der Waals surface area contributed by atoms with Crippen molar-refractivity contribution in [2.45, 2.75) is 6.92 Å². The van der Waals surface area contributed by atoms with Crippen LogP contribution in [0.4, 0.5) is 0 Å². The molecule has 0 fully saturated rings. The highest BCUT2D eigenvalue weighted by Gasteiger charge is 2.06. The predicted molar refractivity (Wildman–Crippen MR) is 58.2 cm³/mol. The smallest absolute Gasteiger partial charge is 0.131 e. The Hall–Kier alpha value is -0.580. The third-order valence-electron chi connectivity index (χ3n) is 2.02. The van der Waals surface area contributed by atoms with Crippen LogP contribution in [0.5, 0.6) is 0 Å².